The summed E-state index contributed by atoms with van der Waals surface area (Å²) in [5.41, 5.74) is 2.02. The minimum Gasteiger partial charge on any atom is -0.338 e. The third kappa shape index (κ3) is 3.78. The van der Waals surface area contributed by atoms with Gasteiger partial charge in [0.15, 0.2) is 0 Å². The Kier molecular flexibility index (Phi) is 4.74. The van der Waals surface area contributed by atoms with E-state index in [1.54, 1.807) is 24.5 Å². The predicted molar refractivity (Wildman–Crippen MR) is 89.2 cm³/mol. The average Bonchev–Trinajstić information content (AvgIpc) is 3.03. The second kappa shape index (κ2) is 6.94. The van der Waals surface area contributed by atoms with Gasteiger partial charge in [0.25, 0.3) is 5.91 Å². The van der Waals surface area contributed by atoms with Crippen LogP contribution in [0.25, 0.3) is 0 Å². The molecular weight excluding hydrogens is 288 g/mol. The van der Waals surface area contributed by atoms with E-state index >= 15 is 0 Å². The van der Waals surface area contributed by atoms with E-state index in [2.05, 4.69) is 34.8 Å². The van der Waals surface area contributed by atoms with Crippen molar-refractivity contribution in [3.05, 3.63) is 48.0 Å². The first kappa shape index (κ1) is 15.7. The molecule has 0 atom stereocenters. The topological polar surface area (TPSA) is 51.0 Å². The lowest BCUT2D eigenvalue weighted by Gasteiger charge is -2.32. The Morgan fingerprint density at radius 2 is 1.96 bits per heavy atom. The first-order valence-electron chi connectivity index (χ1n) is 8.36. The molecule has 1 aliphatic rings. The lowest BCUT2D eigenvalue weighted by molar-refractivity contribution is 0.0690. The zero-order valence-electron chi connectivity index (χ0n) is 13.9. The number of hydrogen-bond donors (Lipinski definition) is 0. The summed E-state index contributed by atoms with van der Waals surface area (Å²) in [4.78, 5) is 18.3. The highest BCUT2D eigenvalue weighted by Gasteiger charge is 2.25. The molecule has 0 saturated carbocycles. The molecule has 0 unspecified atom stereocenters. The second-order valence-corrected chi connectivity index (χ2v) is 6.69. The zero-order valence-corrected chi connectivity index (χ0v) is 13.9. The SMILES string of the molecule is CC(C)Cc1cnn(C2CCN(C(=O)c3ccncc3)CC2)c1. The maximum Gasteiger partial charge on any atom is 0.253 e. The molecule has 23 heavy (non-hydrogen) atoms. The number of aromatic nitrogens is 3. The number of carbonyl (C=O) groups is 1. The van der Waals surface area contributed by atoms with Crippen molar-refractivity contribution >= 4 is 5.91 Å². The molecule has 122 valence electrons. The minimum absolute atomic E-state index is 0.104. The Morgan fingerprint density at radius 3 is 2.61 bits per heavy atom. The third-order valence-corrected chi connectivity index (χ3v) is 4.35. The van der Waals surface area contributed by atoms with Crippen LogP contribution < -0.4 is 0 Å². The fraction of sp³-hybridized carbons (Fsp3) is 0.500. The fourth-order valence-electron chi connectivity index (χ4n) is 3.16. The first-order chi connectivity index (χ1) is 11.1. The Bertz CT molecular complexity index is 642. The van der Waals surface area contributed by atoms with Crippen LogP contribution in [-0.4, -0.2) is 38.7 Å². The molecule has 0 spiro atoms. The molecule has 1 fully saturated rings. The first-order valence-corrected chi connectivity index (χ1v) is 8.36. The largest absolute Gasteiger partial charge is 0.338 e. The van der Waals surface area contributed by atoms with Gasteiger partial charge in [-0.05, 0) is 42.9 Å². The van der Waals surface area contributed by atoms with Crippen LogP contribution in [0.2, 0.25) is 0 Å². The van der Waals surface area contributed by atoms with E-state index in [4.69, 9.17) is 0 Å². The Morgan fingerprint density at radius 1 is 1.26 bits per heavy atom. The van der Waals surface area contributed by atoms with Crippen LogP contribution in [0.3, 0.4) is 0 Å². The number of nitrogens with zero attached hydrogens (tertiary/aromatic N) is 4. The number of piperidine rings is 1. The van der Waals surface area contributed by atoms with Crippen LogP contribution in [0.4, 0.5) is 0 Å². The lowest BCUT2D eigenvalue weighted by atomic mass is 10.0. The average molecular weight is 312 g/mol. The number of hydrogen-bond acceptors (Lipinski definition) is 3. The molecule has 0 bridgehead atoms. The Balaban J connectivity index is 1.58. The Hall–Kier alpha value is -2.17. The van der Waals surface area contributed by atoms with Crippen LogP contribution in [0.1, 0.15) is 48.7 Å². The lowest BCUT2D eigenvalue weighted by Crippen LogP contribution is -2.39. The maximum atomic E-state index is 12.4. The van der Waals surface area contributed by atoms with Crippen LogP contribution in [0.5, 0.6) is 0 Å². The van der Waals surface area contributed by atoms with Gasteiger partial charge in [-0.3, -0.25) is 14.5 Å². The highest BCUT2D eigenvalue weighted by atomic mass is 16.2. The van der Waals surface area contributed by atoms with Crippen LogP contribution in [0.15, 0.2) is 36.9 Å². The smallest absolute Gasteiger partial charge is 0.253 e. The quantitative estimate of drug-likeness (QED) is 0.872. The normalized spacial score (nSPS) is 16.0. The summed E-state index contributed by atoms with van der Waals surface area (Å²) in [6.07, 6.45) is 10.5. The van der Waals surface area contributed by atoms with Gasteiger partial charge in [0.05, 0.1) is 12.2 Å². The molecule has 1 saturated heterocycles. The van der Waals surface area contributed by atoms with E-state index in [9.17, 15) is 4.79 Å². The van der Waals surface area contributed by atoms with Gasteiger partial charge < -0.3 is 4.90 Å². The molecule has 5 nitrogen and oxygen atoms in total. The fourth-order valence-corrected chi connectivity index (χ4v) is 3.16. The molecule has 5 heteroatoms. The van der Waals surface area contributed by atoms with Crippen LogP contribution >= 0.6 is 0 Å². The van der Waals surface area contributed by atoms with E-state index in [1.165, 1.54) is 5.56 Å². The molecule has 0 radical (unpaired) electrons. The highest BCUT2D eigenvalue weighted by molar-refractivity contribution is 5.94. The van der Waals surface area contributed by atoms with E-state index in [0.717, 1.165) is 37.9 Å². The maximum absolute atomic E-state index is 12.4. The summed E-state index contributed by atoms with van der Waals surface area (Å²) in [6, 6.07) is 3.96. The highest BCUT2D eigenvalue weighted by Crippen LogP contribution is 2.23. The molecule has 2 aromatic heterocycles. The molecule has 0 aromatic carbocycles. The number of rotatable bonds is 4. The van der Waals surface area contributed by atoms with E-state index in [0.29, 0.717) is 12.0 Å². The third-order valence-electron chi connectivity index (χ3n) is 4.35. The molecule has 0 N–H and O–H groups in total. The Labute approximate surface area is 137 Å². The second-order valence-electron chi connectivity index (χ2n) is 6.69. The monoisotopic (exact) mass is 312 g/mol. The molecule has 1 aliphatic heterocycles. The number of likely N-dealkylation sites (tertiary alicyclic amines) is 1. The number of carbonyl (C=O) groups excluding carboxylic acids is 1. The molecule has 3 rings (SSSR count). The van der Waals surface area contributed by atoms with Crippen LogP contribution in [-0.2, 0) is 6.42 Å². The number of amides is 1. The number of pyridine rings is 1. The summed E-state index contributed by atoms with van der Waals surface area (Å²) in [6.45, 7) is 6.01. The van der Waals surface area contributed by atoms with Gasteiger partial charge in [-0.1, -0.05) is 13.8 Å². The molecular formula is C18H24N4O. The van der Waals surface area contributed by atoms with Crippen LogP contribution in [0, 0.1) is 5.92 Å². The summed E-state index contributed by atoms with van der Waals surface area (Å²) < 4.78 is 2.09. The summed E-state index contributed by atoms with van der Waals surface area (Å²) in [7, 11) is 0. The van der Waals surface area contributed by atoms with E-state index < -0.39 is 0 Å². The van der Waals surface area contributed by atoms with Gasteiger partial charge >= 0.3 is 0 Å². The van der Waals surface area contributed by atoms with Crippen molar-refractivity contribution in [3.63, 3.8) is 0 Å². The van der Waals surface area contributed by atoms with Crippen molar-refractivity contribution in [1.82, 2.24) is 19.7 Å². The molecule has 1 amide bonds. The summed E-state index contributed by atoms with van der Waals surface area (Å²) in [5, 5.41) is 4.53. The standard InChI is InChI=1S/C18H24N4O/c1-14(2)11-15-12-20-22(13-15)17-5-9-21(10-6-17)18(23)16-3-7-19-8-4-16/h3-4,7-8,12-14,17H,5-6,9-11H2,1-2H3. The van der Waals surface area contributed by atoms with Gasteiger partial charge in [0.1, 0.15) is 0 Å². The van der Waals surface area contributed by atoms with Crippen molar-refractivity contribution in [2.45, 2.75) is 39.2 Å². The van der Waals surface area contributed by atoms with Crippen molar-refractivity contribution in [2.75, 3.05) is 13.1 Å². The van der Waals surface area contributed by atoms with Gasteiger partial charge in [-0.2, -0.15) is 5.10 Å². The summed E-state index contributed by atoms with van der Waals surface area (Å²) in [5.74, 6) is 0.749. The molecule has 0 aliphatic carbocycles. The van der Waals surface area contributed by atoms with Gasteiger partial charge in [-0.25, -0.2) is 0 Å². The summed E-state index contributed by atoms with van der Waals surface area (Å²) >= 11 is 0. The van der Waals surface area contributed by atoms with Crippen molar-refractivity contribution in [1.29, 1.82) is 0 Å². The van der Waals surface area contributed by atoms with Gasteiger partial charge in [0, 0.05) is 37.2 Å². The van der Waals surface area contributed by atoms with Crippen molar-refractivity contribution < 1.29 is 4.79 Å². The van der Waals surface area contributed by atoms with Gasteiger partial charge in [-0.15, -0.1) is 0 Å². The van der Waals surface area contributed by atoms with Gasteiger partial charge in [0.2, 0.25) is 0 Å². The van der Waals surface area contributed by atoms with Crippen molar-refractivity contribution in [2.24, 2.45) is 5.92 Å². The predicted octanol–water partition coefficient (Wildman–Crippen LogP) is 2.95. The van der Waals surface area contributed by atoms with E-state index in [1.807, 2.05) is 11.1 Å². The zero-order chi connectivity index (χ0) is 16.2. The van der Waals surface area contributed by atoms with Crippen molar-refractivity contribution in [3.8, 4) is 0 Å². The van der Waals surface area contributed by atoms with E-state index in [-0.39, 0.29) is 5.91 Å². The minimum atomic E-state index is 0.104. The molecule has 3 heterocycles. The molecule has 2 aromatic rings.